The second-order valence-corrected chi connectivity index (χ2v) is 9.42. The number of nitrogens with one attached hydrogen (secondary N) is 1. The van der Waals surface area contributed by atoms with Crippen LogP contribution in [-0.2, 0) is 27.8 Å². The van der Waals surface area contributed by atoms with E-state index in [-0.39, 0.29) is 23.8 Å². The van der Waals surface area contributed by atoms with E-state index >= 15 is 0 Å². The van der Waals surface area contributed by atoms with Crippen molar-refractivity contribution in [1.29, 1.82) is 0 Å². The van der Waals surface area contributed by atoms with Crippen LogP contribution in [0, 0.1) is 0 Å². The molecule has 3 aromatic rings. The zero-order valence-electron chi connectivity index (χ0n) is 16.8. The minimum absolute atomic E-state index is 0.167. The van der Waals surface area contributed by atoms with E-state index in [4.69, 9.17) is 0 Å². The number of rotatable bonds is 6. The predicted molar refractivity (Wildman–Crippen MR) is 116 cm³/mol. The molecule has 2 aromatic carbocycles. The Bertz CT molecular complexity index is 1150. The minimum Gasteiger partial charge on any atom is -0.352 e. The molecule has 1 saturated heterocycles. The topological polar surface area (TPSA) is 79.4 Å². The summed E-state index contributed by atoms with van der Waals surface area (Å²) in [7, 11) is -3.56. The maximum Gasteiger partial charge on any atom is 0.243 e. The maximum atomic E-state index is 13.1. The zero-order valence-corrected chi connectivity index (χ0v) is 17.6. The number of pyridine rings is 1. The van der Waals surface area contributed by atoms with Crippen LogP contribution in [0.25, 0.3) is 10.9 Å². The van der Waals surface area contributed by atoms with E-state index < -0.39 is 10.0 Å². The molecule has 0 saturated carbocycles. The number of fused-ring (bicyclic) bond motifs is 1. The van der Waals surface area contributed by atoms with Crippen LogP contribution in [0.1, 0.15) is 30.4 Å². The lowest BCUT2D eigenvalue weighted by molar-refractivity contribution is -0.120. The molecular formula is C23H25N3O3S. The Kier molecular flexibility index (Phi) is 6.11. The van der Waals surface area contributed by atoms with Gasteiger partial charge in [-0.2, -0.15) is 4.31 Å². The number of hydrogen-bond donors (Lipinski definition) is 1. The molecule has 1 N–H and O–H groups in total. The van der Waals surface area contributed by atoms with Gasteiger partial charge < -0.3 is 5.32 Å². The molecule has 0 radical (unpaired) electrons. The van der Waals surface area contributed by atoms with Crippen molar-refractivity contribution < 1.29 is 13.2 Å². The van der Waals surface area contributed by atoms with Crippen LogP contribution in [0.5, 0.6) is 0 Å². The normalized spacial score (nSPS) is 15.2. The lowest BCUT2D eigenvalue weighted by Gasteiger charge is -2.26. The number of sulfonamides is 1. The molecule has 2 heterocycles. The molecule has 0 atom stereocenters. The van der Waals surface area contributed by atoms with Crippen molar-refractivity contribution in [3.8, 4) is 0 Å². The molecule has 1 aromatic heterocycles. The fourth-order valence-corrected chi connectivity index (χ4v) is 5.62. The highest BCUT2D eigenvalue weighted by Gasteiger charge is 2.27. The molecule has 1 aliphatic heterocycles. The first-order valence-corrected chi connectivity index (χ1v) is 11.7. The average Bonchev–Trinajstić information content (AvgIpc) is 2.79. The molecule has 1 aliphatic rings. The van der Waals surface area contributed by atoms with E-state index in [1.165, 1.54) is 0 Å². The zero-order chi connectivity index (χ0) is 21.0. The van der Waals surface area contributed by atoms with Gasteiger partial charge in [-0.05, 0) is 36.1 Å². The van der Waals surface area contributed by atoms with Gasteiger partial charge in [-0.1, -0.05) is 48.9 Å². The first-order chi connectivity index (χ1) is 14.6. The lowest BCUT2D eigenvalue weighted by atomic mass is 10.1. The van der Waals surface area contributed by atoms with Crippen LogP contribution in [0.2, 0.25) is 0 Å². The van der Waals surface area contributed by atoms with Gasteiger partial charge in [0.05, 0.1) is 16.8 Å². The van der Waals surface area contributed by atoms with Gasteiger partial charge in [-0.25, -0.2) is 8.42 Å². The fourth-order valence-electron chi connectivity index (χ4n) is 3.89. The largest absolute Gasteiger partial charge is 0.352 e. The van der Waals surface area contributed by atoms with Crippen LogP contribution in [0.4, 0.5) is 0 Å². The molecule has 7 heteroatoms. The quantitative estimate of drug-likeness (QED) is 0.660. The van der Waals surface area contributed by atoms with E-state index in [0.29, 0.717) is 18.7 Å². The highest BCUT2D eigenvalue weighted by molar-refractivity contribution is 7.89. The van der Waals surface area contributed by atoms with E-state index in [1.54, 1.807) is 34.8 Å². The van der Waals surface area contributed by atoms with Gasteiger partial charge in [0.1, 0.15) is 0 Å². The van der Waals surface area contributed by atoms with Crippen molar-refractivity contribution in [2.24, 2.45) is 0 Å². The van der Waals surface area contributed by atoms with Crippen LogP contribution in [-0.4, -0.2) is 36.7 Å². The van der Waals surface area contributed by atoms with Gasteiger partial charge in [-0.15, -0.1) is 0 Å². The SMILES string of the molecule is O=C(Cc1cccc2cccnc12)NCc1ccccc1S(=O)(=O)N1CCCCC1. The summed E-state index contributed by atoms with van der Waals surface area (Å²) in [6.07, 6.45) is 4.74. The number of aromatic nitrogens is 1. The molecule has 1 amide bonds. The molecular weight excluding hydrogens is 398 g/mol. The van der Waals surface area contributed by atoms with Crippen molar-refractivity contribution in [2.75, 3.05) is 13.1 Å². The number of hydrogen-bond acceptors (Lipinski definition) is 4. The predicted octanol–water partition coefficient (Wildman–Crippen LogP) is 3.27. The molecule has 0 unspecified atom stereocenters. The Morgan fingerprint density at radius 2 is 1.67 bits per heavy atom. The van der Waals surface area contributed by atoms with Gasteiger partial charge in [0.25, 0.3) is 0 Å². The molecule has 0 bridgehead atoms. The van der Waals surface area contributed by atoms with E-state index in [2.05, 4.69) is 10.3 Å². The fraction of sp³-hybridized carbons (Fsp3) is 0.304. The van der Waals surface area contributed by atoms with Gasteiger partial charge in [0, 0.05) is 31.2 Å². The standard InChI is InChI=1S/C23H25N3O3S/c27-22(16-19-10-6-9-18-11-7-13-24-23(18)19)25-17-20-8-2-3-12-21(20)30(28,29)26-14-4-1-5-15-26/h2-3,6-13H,1,4-5,14-17H2,(H,25,27). The summed E-state index contributed by atoms with van der Waals surface area (Å²) in [6, 6.07) is 16.5. The van der Waals surface area contributed by atoms with Crippen molar-refractivity contribution in [3.05, 3.63) is 71.9 Å². The van der Waals surface area contributed by atoms with Gasteiger partial charge >= 0.3 is 0 Å². The maximum absolute atomic E-state index is 13.1. The van der Waals surface area contributed by atoms with Crippen LogP contribution in [0.3, 0.4) is 0 Å². The van der Waals surface area contributed by atoms with Gasteiger partial charge in [-0.3, -0.25) is 9.78 Å². The summed E-state index contributed by atoms with van der Waals surface area (Å²) in [5.74, 6) is -0.168. The number of piperidine rings is 1. The summed E-state index contributed by atoms with van der Waals surface area (Å²) >= 11 is 0. The van der Waals surface area contributed by atoms with E-state index in [9.17, 15) is 13.2 Å². The van der Waals surface area contributed by atoms with Crippen molar-refractivity contribution in [1.82, 2.24) is 14.6 Å². The summed E-state index contributed by atoms with van der Waals surface area (Å²) in [6.45, 7) is 1.27. The number of carbonyl (C=O) groups excluding carboxylic acids is 1. The Labute approximate surface area is 177 Å². The molecule has 0 aliphatic carbocycles. The number of nitrogens with zero attached hydrogens (tertiary/aromatic N) is 2. The third-order valence-corrected chi connectivity index (χ3v) is 7.45. The van der Waals surface area contributed by atoms with Crippen LogP contribution < -0.4 is 5.32 Å². The summed E-state index contributed by atoms with van der Waals surface area (Å²) < 4.78 is 27.7. The smallest absolute Gasteiger partial charge is 0.243 e. The van der Waals surface area contributed by atoms with E-state index in [1.807, 2.05) is 30.3 Å². The highest BCUT2D eigenvalue weighted by atomic mass is 32.2. The second-order valence-electron chi connectivity index (χ2n) is 7.52. The minimum atomic E-state index is -3.56. The van der Waals surface area contributed by atoms with Crippen molar-refractivity contribution in [3.63, 3.8) is 0 Å². The summed E-state index contributed by atoms with van der Waals surface area (Å²) in [4.78, 5) is 17.3. The number of amides is 1. The molecule has 6 nitrogen and oxygen atoms in total. The first kappa shape index (κ1) is 20.5. The van der Waals surface area contributed by atoms with Gasteiger partial charge in [0.2, 0.25) is 15.9 Å². The van der Waals surface area contributed by atoms with E-state index in [0.717, 1.165) is 35.7 Å². The Morgan fingerprint density at radius 3 is 2.50 bits per heavy atom. The van der Waals surface area contributed by atoms with Crippen molar-refractivity contribution >= 4 is 26.8 Å². The second kappa shape index (κ2) is 8.93. The molecule has 0 spiro atoms. The number of benzene rings is 2. The number of para-hydroxylation sites is 1. The Balaban J connectivity index is 1.48. The average molecular weight is 424 g/mol. The van der Waals surface area contributed by atoms with Crippen LogP contribution in [0.15, 0.2) is 65.7 Å². The molecule has 1 fully saturated rings. The summed E-state index contributed by atoms with van der Waals surface area (Å²) in [5.41, 5.74) is 2.26. The van der Waals surface area contributed by atoms with Crippen LogP contribution >= 0.6 is 0 Å². The summed E-state index contributed by atoms with van der Waals surface area (Å²) in [5, 5.41) is 3.86. The molecule has 156 valence electrons. The molecule has 30 heavy (non-hydrogen) atoms. The Hall–Kier alpha value is -2.77. The monoisotopic (exact) mass is 423 g/mol. The third-order valence-electron chi connectivity index (χ3n) is 5.45. The van der Waals surface area contributed by atoms with Gasteiger partial charge in [0.15, 0.2) is 0 Å². The number of carbonyl (C=O) groups is 1. The van der Waals surface area contributed by atoms with Crippen molar-refractivity contribution in [2.45, 2.75) is 37.1 Å². The third kappa shape index (κ3) is 4.37. The highest BCUT2D eigenvalue weighted by Crippen LogP contribution is 2.23. The molecule has 4 rings (SSSR count). The first-order valence-electron chi connectivity index (χ1n) is 10.2. The lowest BCUT2D eigenvalue weighted by Crippen LogP contribution is -2.36. The Morgan fingerprint density at radius 1 is 0.933 bits per heavy atom.